The average Bonchev–Trinajstić information content (AvgIpc) is 2.62. The van der Waals surface area contributed by atoms with Crippen molar-refractivity contribution in [3.8, 4) is 11.8 Å². The summed E-state index contributed by atoms with van der Waals surface area (Å²) in [7, 11) is 1.43. The van der Waals surface area contributed by atoms with Crippen LogP contribution in [-0.4, -0.2) is 17.9 Å². The van der Waals surface area contributed by atoms with Crippen molar-refractivity contribution < 1.29 is 14.5 Å². The van der Waals surface area contributed by atoms with Gasteiger partial charge in [-0.25, -0.2) is 0 Å². The molecule has 0 aliphatic heterocycles. The van der Waals surface area contributed by atoms with Crippen LogP contribution >= 0.6 is 11.6 Å². The van der Waals surface area contributed by atoms with Gasteiger partial charge in [0.15, 0.2) is 0 Å². The fourth-order valence-corrected chi connectivity index (χ4v) is 2.15. The molecule has 0 aromatic heterocycles. The van der Waals surface area contributed by atoms with Crippen molar-refractivity contribution in [2.24, 2.45) is 0 Å². The summed E-state index contributed by atoms with van der Waals surface area (Å²) in [5.41, 5.74) is 0.315. The molecule has 132 valence electrons. The molecule has 0 unspecified atom stereocenters. The van der Waals surface area contributed by atoms with E-state index < -0.39 is 10.8 Å². The van der Waals surface area contributed by atoms with Crippen LogP contribution < -0.4 is 15.4 Å². The molecule has 26 heavy (non-hydrogen) atoms. The van der Waals surface area contributed by atoms with Gasteiger partial charge in [0.2, 0.25) is 0 Å². The molecule has 2 aromatic rings. The second kappa shape index (κ2) is 8.50. The molecule has 0 aliphatic carbocycles. The first kappa shape index (κ1) is 18.8. The number of carbonyl (C=O) groups excluding carboxylic acids is 1. The zero-order valence-corrected chi connectivity index (χ0v) is 14.3. The Balaban J connectivity index is 2.17. The van der Waals surface area contributed by atoms with Gasteiger partial charge in [-0.2, -0.15) is 5.26 Å². The lowest BCUT2D eigenvalue weighted by atomic mass is 10.2. The first-order valence-corrected chi connectivity index (χ1v) is 7.58. The standard InChI is InChI=1S/C17H13ClN4O4/c1-26-16-6-5-12(18)7-15(16)21-17(23)11(9-19)10-20-13-3-2-4-14(8-13)22(24)25/h2-8,10,20H,1H3,(H,21,23)/b11-10-. The molecule has 2 N–H and O–H groups in total. The van der Waals surface area contributed by atoms with E-state index in [1.165, 1.54) is 31.4 Å². The van der Waals surface area contributed by atoms with Crippen LogP contribution in [0.3, 0.4) is 0 Å². The summed E-state index contributed by atoms with van der Waals surface area (Å²) in [4.78, 5) is 22.5. The summed E-state index contributed by atoms with van der Waals surface area (Å²) in [6.07, 6.45) is 1.16. The SMILES string of the molecule is COc1ccc(Cl)cc1NC(=O)/C(C#N)=C\Nc1cccc([N+](=O)[O-])c1. The van der Waals surface area contributed by atoms with Crippen molar-refractivity contribution in [1.82, 2.24) is 0 Å². The highest BCUT2D eigenvalue weighted by atomic mass is 35.5. The van der Waals surface area contributed by atoms with E-state index in [1.54, 1.807) is 24.3 Å². The third kappa shape index (κ3) is 4.72. The van der Waals surface area contributed by atoms with Crippen LogP contribution in [0, 0.1) is 21.4 Å². The van der Waals surface area contributed by atoms with E-state index in [0.29, 0.717) is 22.1 Å². The van der Waals surface area contributed by atoms with Gasteiger partial charge in [-0.05, 0) is 24.3 Å². The summed E-state index contributed by atoms with van der Waals surface area (Å²) < 4.78 is 5.12. The second-order valence-corrected chi connectivity index (χ2v) is 5.36. The number of benzene rings is 2. The van der Waals surface area contributed by atoms with Gasteiger partial charge in [-0.3, -0.25) is 14.9 Å². The molecule has 8 nitrogen and oxygen atoms in total. The van der Waals surface area contributed by atoms with Crippen LogP contribution in [0.5, 0.6) is 5.75 Å². The molecule has 2 aromatic carbocycles. The largest absolute Gasteiger partial charge is 0.495 e. The number of ether oxygens (including phenoxy) is 1. The normalized spacial score (nSPS) is 10.6. The molecule has 0 fully saturated rings. The van der Waals surface area contributed by atoms with Crippen molar-refractivity contribution in [3.63, 3.8) is 0 Å². The molecule has 0 saturated heterocycles. The molecule has 0 radical (unpaired) electrons. The monoisotopic (exact) mass is 372 g/mol. The maximum Gasteiger partial charge on any atom is 0.271 e. The summed E-state index contributed by atoms with van der Waals surface area (Å²) in [6, 6.07) is 12.1. The first-order chi connectivity index (χ1) is 12.4. The van der Waals surface area contributed by atoms with Crippen molar-refractivity contribution in [3.05, 3.63) is 69.4 Å². The summed E-state index contributed by atoms with van der Waals surface area (Å²) in [5.74, 6) is -0.308. The highest BCUT2D eigenvalue weighted by molar-refractivity contribution is 6.31. The number of nitrogens with zero attached hydrogens (tertiary/aromatic N) is 2. The van der Waals surface area contributed by atoms with Crippen LogP contribution in [0.2, 0.25) is 5.02 Å². The Morgan fingerprint density at radius 3 is 2.77 bits per heavy atom. The number of hydrogen-bond donors (Lipinski definition) is 2. The predicted octanol–water partition coefficient (Wildman–Crippen LogP) is 3.71. The van der Waals surface area contributed by atoms with E-state index in [4.69, 9.17) is 16.3 Å². The minimum atomic E-state index is -0.689. The second-order valence-electron chi connectivity index (χ2n) is 4.92. The molecule has 2 rings (SSSR count). The highest BCUT2D eigenvalue weighted by Gasteiger charge is 2.13. The van der Waals surface area contributed by atoms with Gasteiger partial charge in [-0.15, -0.1) is 0 Å². The van der Waals surface area contributed by atoms with Crippen molar-refractivity contribution in [2.45, 2.75) is 0 Å². The predicted molar refractivity (Wildman–Crippen MR) is 97.0 cm³/mol. The van der Waals surface area contributed by atoms with Crippen LogP contribution in [0.25, 0.3) is 0 Å². The quantitative estimate of drug-likeness (QED) is 0.345. The van der Waals surface area contributed by atoms with Gasteiger partial charge in [0.25, 0.3) is 11.6 Å². The Bertz CT molecular complexity index is 921. The van der Waals surface area contributed by atoms with Crippen LogP contribution in [-0.2, 0) is 4.79 Å². The number of non-ortho nitro benzene ring substituents is 1. The number of hydrogen-bond acceptors (Lipinski definition) is 6. The number of carbonyl (C=O) groups is 1. The minimum Gasteiger partial charge on any atom is -0.495 e. The lowest BCUT2D eigenvalue weighted by molar-refractivity contribution is -0.384. The van der Waals surface area contributed by atoms with Gasteiger partial charge in [-0.1, -0.05) is 17.7 Å². The van der Waals surface area contributed by atoms with Gasteiger partial charge in [0, 0.05) is 29.0 Å². The molecule has 0 atom stereocenters. The average molecular weight is 373 g/mol. The molecule has 0 heterocycles. The maximum absolute atomic E-state index is 12.3. The fraction of sp³-hybridized carbons (Fsp3) is 0.0588. The zero-order chi connectivity index (χ0) is 19.1. The molecular formula is C17H13ClN4O4. The molecule has 1 amide bonds. The third-order valence-corrected chi connectivity index (χ3v) is 3.45. The number of nitrogens with one attached hydrogen (secondary N) is 2. The Labute approximate surface area is 153 Å². The first-order valence-electron chi connectivity index (χ1n) is 7.20. The Morgan fingerprint density at radius 2 is 2.12 bits per heavy atom. The van der Waals surface area contributed by atoms with E-state index >= 15 is 0 Å². The van der Waals surface area contributed by atoms with Gasteiger partial charge in [0.05, 0.1) is 17.7 Å². The summed E-state index contributed by atoms with van der Waals surface area (Å²) >= 11 is 5.90. The zero-order valence-electron chi connectivity index (χ0n) is 13.5. The minimum absolute atomic E-state index is 0.116. The molecule has 0 aliphatic rings. The van der Waals surface area contributed by atoms with Gasteiger partial charge < -0.3 is 15.4 Å². The Morgan fingerprint density at radius 1 is 1.35 bits per heavy atom. The number of nitro benzene ring substituents is 1. The smallest absolute Gasteiger partial charge is 0.271 e. The number of nitriles is 1. The van der Waals surface area contributed by atoms with E-state index in [2.05, 4.69) is 10.6 Å². The highest BCUT2D eigenvalue weighted by Crippen LogP contribution is 2.28. The van der Waals surface area contributed by atoms with E-state index in [0.717, 1.165) is 6.20 Å². The molecule has 0 spiro atoms. The lowest BCUT2D eigenvalue weighted by Gasteiger charge is -2.10. The van der Waals surface area contributed by atoms with Crippen LogP contribution in [0.15, 0.2) is 54.2 Å². The lowest BCUT2D eigenvalue weighted by Crippen LogP contribution is -2.15. The Hall–Kier alpha value is -3.57. The summed E-state index contributed by atoms with van der Waals surface area (Å²) in [5, 5.41) is 25.6. The number of anilines is 2. The van der Waals surface area contributed by atoms with Crippen LogP contribution in [0.1, 0.15) is 0 Å². The van der Waals surface area contributed by atoms with Crippen molar-refractivity contribution >= 4 is 34.6 Å². The third-order valence-electron chi connectivity index (χ3n) is 3.21. The van der Waals surface area contributed by atoms with Gasteiger partial charge in [0.1, 0.15) is 17.4 Å². The number of nitro groups is 1. The van der Waals surface area contributed by atoms with Crippen molar-refractivity contribution in [2.75, 3.05) is 17.7 Å². The van der Waals surface area contributed by atoms with E-state index in [1.807, 2.05) is 0 Å². The molecule has 0 bridgehead atoms. The van der Waals surface area contributed by atoms with Gasteiger partial charge >= 0.3 is 0 Å². The molecular weight excluding hydrogens is 360 g/mol. The van der Waals surface area contributed by atoms with Crippen molar-refractivity contribution in [1.29, 1.82) is 5.26 Å². The fourth-order valence-electron chi connectivity index (χ4n) is 1.98. The number of amides is 1. The van der Waals surface area contributed by atoms with Crippen LogP contribution in [0.4, 0.5) is 17.1 Å². The molecule has 9 heteroatoms. The Kier molecular flexibility index (Phi) is 6.14. The van der Waals surface area contributed by atoms with E-state index in [-0.39, 0.29) is 11.3 Å². The topological polar surface area (TPSA) is 117 Å². The summed E-state index contributed by atoms with van der Waals surface area (Å²) in [6.45, 7) is 0. The number of halogens is 1. The molecule has 0 saturated carbocycles. The number of rotatable bonds is 6. The maximum atomic E-state index is 12.3. The number of methoxy groups -OCH3 is 1. The van der Waals surface area contributed by atoms with E-state index in [9.17, 15) is 20.2 Å².